The predicted molar refractivity (Wildman–Crippen MR) is 44.6 cm³/mol. The second-order valence-corrected chi connectivity index (χ2v) is 2.24. The van der Waals surface area contributed by atoms with Gasteiger partial charge >= 0.3 is 0 Å². The fourth-order valence-electron chi connectivity index (χ4n) is 0.683. The van der Waals surface area contributed by atoms with Gasteiger partial charge in [-0.05, 0) is 11.5 Å². The molecular weight excluding hydrogens is 130 g/mol. The molecule has 1 atom stereocenters. The lowest BCUT2D eigenvalue weighted by Crippen LogP contribution is -2.06. The van der Waals surface area contributed by atoms with E-state index in [4.69, 9.17) is 5.11 Å². The number of phenols is 1. The number of aromatic hydroxyl groups is 1. The van der Waals surface area contributed by atoms with E-state index >= 15 is 0 Å². The van der Waals surface area contributed by atoms with E-state index in [9.17, 15) is 0 Å². The molecule has 0 aromatic heterocycles. The molecular formula is C6H8BOP. The van der Waals surface area contributed by atoms with Crippen LogP contribution < -0.4 is 5.46 Å². The van der Waals surface area contributed by atoms with Gasteiger partial charge in [-0.15, -0.1) is 0 Å². The first-order chi connectivity index (χ1) is 4.34. The second-order valence-electron chi connectivity index (χ2n) is 1.83. The standard InChI is InChI=1S/C6H8BOP/c8-6-4-2-1-3-5(6)7-9/h1-4,7-8H,9H2. The molecule has 0 saturated heterocycles. The molecule has 0 amide bonds. The van der Waals surface area contributed by atoms with Crippen LogP contribution in [0.2, 0.25) is 0 Å². The maximum atomic E-state index is 9.10. The summed E-state index contributed by atoms with van der Waals surface area (Å²) in [5.41, 5.74) is 0.975. The zero-order chi connectivity index (χ0) is 6.69. The second kappa shape index (κ2) is 2.88. The van der Waals surface area contributed by atoms with E-state index in [1.165, 1.54) is 0 Å². The van der Waals surface area contributed by atoms with Crippen molar-refractivity contribution in [2.24, 2.45) is 0 Å². The van der Waals surface area contributed by atoms with Crippen molar-refractivity contribution in [1.29, 1.82) is 0 Å². The van der Waals surface area contributed by atoms with Gasteiger partial charge in [-0.1, -0.05) is 18.2 Å². The molecule has 0 radical (unpaired) electrons. The Morgan fingerprint density at radius 1 is 1.33 bits per heavy atom. The number of para-hydroxylation sites is 1. The van der Waals surface area contributed by atoms with E-state index in [1.54, 1.807) is 6.07 Å². The van der Waals surface area contributed by atoms with E-state index in [2.05, 4.69) is 9.12 Å². The number of hydrogen-bond acceptors (Lipinski definition) is 1. The van der Waals surface area contributed by atoms with Crippen LogP contribution in [0.15, 0.2) is 24.3 Å². The first kappa shape index (κ1) is 6.63. The average Bonchev–Trinajstić information content (AvgIpc) is 1.89. The van der Waals surface area contributed by atoms with Gasteiger partial charge in [0.2, 0.25) is 0 Å². The van der Waals surface area contributed by atoms with Crippen molar-refractivity contribution in [3.8, 4) is 5.75 Å². The average molecular weight is 138 g/mol. The maximum absolute atomic E-state index is 9.10. The van der Waals surface area contributed by atoms with Gasteiger partial charge in [0.05, 0.1) is 0 Å². The zero-order valence-electron chi connectivity index (χ0n) is 5.04. The molecule has 46 valence electrons. The lowest BCUT2D eigenvalue weighted by molar-refractivity contribution is 0.479. The predicted octanol–water partition coefficient (Wildman–Crippen LogP) is 0.244. The van der Waals surface area contributed by atoms with Crippen LogP contribution in [0.3, 0.4) is 0 Å². The van der Waals surface area contributed by atoms with Crippen LogP contribution in [-0.4, -0.2) is 12.1 Å². The summed E-state index contributed by atoms with van der Waals surface area (Å²) < 4.78 is 0. The molecule has 1 aromatic carbocycles. The van der Waals surface area contributed by atoms with Gasteiger partial charge in [0.25, 0.3) is 0 Å². The molecule has 1 nitrogen and oxygen atoms in total. The van der Waals surface area contributed by atoms with Crippen LogP contribution in [0.5, 0.6) is 5.75 Å². The minimum atomic E-state index is 0.382. The monoisotopic (exact) mass is 138 g/mol. The molecule has 0 heterocycles. The van der Waals surface area contributed by atoms with Crippen LogP contribution in [0.25, 0.3) is 0 Å². The SMILES string of the molecule is Oc1ccccc1BP. The van der Waals surface area contributed by atoms with Gasteiger partial charge < -0.3 is 5.11 Å². The summed E-state index contributed by atoms with van der Waals surface area (Å²) in [5, 5.41) is 9.10. The van der Waals surface area contributed by atoms with Crippen LogP contribution >= 0.6 is 9.12 Å². The van der Waals surface area contributed by atoms with E-state index in [-0.39, 0.29) is 0 Å². The molecule has 3 heteroatoms. The Hall–Kier alpha value is -0.485. The number of phenolic OH excluding ortho intramolecular Hbond substituents is 1. The summed E-state index contributed by atoms with van der Waals surface area (Å²) in [7, 11) is 2.57. The minimum Gasteiger partial charge on any atom is -0.509 e. The van der Waals surface area contributed by atoms with Crippen molar-refractivity contribution in [2.75, 3.05) is 0 Å². The first-order valence-electron chi connectivity index (χ1n) is 2.81. The summed E-state index contributed by atoms with van der Waals surface area (Å²) in [4.78, 5) is 0. The fraction of sp³-hybridized carbons (Fsp3) is 0. The smallest absolute Gasteiger partial charge is 0.185 e. The highest BCUT2D eigenvalue weighted by Gasteiger charge is 1.94. The zero-order valence-corrected chi connectivity index (χ0v) is 6.20. The van der Waals surface area contributed by atoms with Crippen molar-refractivity contribution < 1.29 is 5.11 Å². The van der Waals surface area contributed by atoms with Crippen LogP contribution in [0.4, 0.5) is 0 Å². The van der Waals surface area contributed by atoms with Gasteiger partial charge in [0, 0.05) is 0 Å². The third-order valence-corrected chi connectivity index (χ3v) is 1.65. The van der Waals surface area contributed by atoms with Crippen molar-refractivity contribution >= 4 is 21.6 Å². The topological polar surface area (TPSA) is 20.2 Å². The molecule has 0 fully saturated rings. The van der Waals surface area contributed by atoms with Crippen LogP contribution in [0.1, 0.15) is 0 Å². The highest BCUT2D eigenvalue weighted by Crippen LogP contribution is 2.02. The molecule has 0 aliphatic rings. The Morgan fingerprint density at radius 2 is 2.00 bits per heavy atom. The Balaban J connectivity index is 3.01. The van der Waals surface area contributed by atoms with Crippen molar-refractivity contribution in [1.82, 2.24) is 0 Å². The van der Waals surface area contributed by atoms with Crippen molar-refractivity contribution in [3.05, 3.63) is 24.3 Å². The van der Waals surface area contributed by atoms with E-state index < -0.39 is 0 Å². The van der Waals surface area contributed by atoms with Gasteiger partial charge in [-0.2, -0.15) is 9.12 Å². The molecule has 0 aliphatic carbocycles. The molecule has 0 bridgehead atoms. The van der Waals surface area contributed by atoms with Gasteiger partial charge in [-0.25, -0.2) is 0 Å². The van der Waals surface area contributed by atoms with E-state index in [1.807, 2.05) is 18.2 Å². The largest absolute Gasteiger partial charge is 0.509 e. The summed E-state index contributed by atoms with van der Waals surface area (Å²) in [6, 6.07) is 7.33. The minimum absolute atomic E-state index is 0.382. The molecule has 1 unspecified atom stereocenters. The van der Waals surface area contributed by atoms with Gasteiger partial charge in [-0.3, -0.25) is 0 Å². The Kier molecular flexibility index (Phi) is 2.13. The lowest BCUT2D eigenvalue weighted by Gasteiger charge is -1.96. The molecule has 0 spiro atoms. The molecule has 0 aliphatic heterocycles. The van der Waals surface area contributed by atoms with E-state index in [0.29, 0.717) is 5.75 Å². The Bertz CT molecular complexity index is 202. The van der Waals surface area contributed by atoms with Crippen molar-refractivity contribution in [2.45, 2.75) is 0 Å². The molecule has 1 aromatic rings. The molecule has 1 rings (SSSR count). The van der Waals surface area contributed by atoms with Gasteiger partial charge in [0.15, 0.2) is 7.00 Å². The molecule has 9 heavy (non-hydrogen) atoms. The fourth-order valence-corrected chi connectivity index (χ4v) is 1.03. The molecule has 1 N–H and O–H groups in total. The van der Waals surface area contributed by atoms with Crippen LogP contribution in [-0.2, 0) is 0 Å². The van der Waals surface area contributed by atoms with Gasteiger partial charge in [0.1, 0.15) is 5.75 Å². The normalized spacial score (nSPS) is 9.00. The third-order valence-electron chi connectivity index (χ3n) is 1.21. The number of rotatable bonds is 1. The highest BCUT2D eigenvalue weighted by atomic mass is 31.0. The Labute approximate surface area is 57.5 Å². The summed E-state index contributed by atoms with van der Waals surface area (Å²) in [5.74, 6) is 0.382. The number of benzene rings is 1. The Morgan fingerprint density at radius 3 is 2.44 bits per heavy atom. The summed E-state index contributed by atoms with van der Waals surface area (Å²) >= 11 is 0. The highest BCUT2D eigenvalue weighted by molar-refractivity contribution is 7.58. The third kappa shape index (κ3) is 1.46. The quantitative estimate of drug-likeness (QED) is 0.435. The molecule has 0 saturated carbocycles. The van der Waals surface area contributed by atoms with Crippen LogP contribution in [0, 0.1) is 0 Å². The number of hydrogen-bond donors (Lipinski definition) is 1. The van der Waals surface area contributed by atoms with E-state index in [0.717, 1.165) is 12.5 Å². The summed E-state index contributed by atoms with van der Waals surface area (Å²) in [6.45, 7) is 0.812. The van der Waals surface area contributed by atoms with Crippen molar-refractivity contribution in [3.63, 3.8) is 0 Å². The maximum Gasteiger partial charge on any atom is 0.185 e. The summed E-state index contributed by atoms with van der Waals surface area (Å²) in [6.07, 6.45) is 0. The first-order valence-corrected chi connectivity index (χ1v) is 3.63. The lowest BCUT2D eigenvalue weighted by atomic mass is 9.93.